The molecule has 19 heavy (non-hydrogen) atoms. The number of pyridine rings is 1. The molecule has 1 unspecified atom stereocenters. The Morgan fingerprint density at radius 3 is 2.79 bits per heavy atom. The summed E-state index contributed by atoms with van der Waals surface area (Å²) in [4.78, 5) is 15.0. The van der Waals surface area contributed by atoms with Crippen LogP contribution in [-0.4, -0.2) is 15.9 Å². The van der Waals surface area contributed by atoms with Crippen LogP contribution in [0.2, 0.25) is 0 Å². The summed E-state index contributed by atoms with van der Waals surface area (Å²) in [5.74, 6) is 0.879. The van der Waals surface area contributed by atoms with Crippen molar-refractivity contribution in [3.63, 3.8) is 0 Å². The number of aryl methyl sites for hydroxylation is 1. The first-order valence-electron chi connectivity index (χ1n) is 6.82. The van der Waals surface area contributed by atoms with Gasteiger partial charge in [-0.2, -0.15) is 0 Å². The highest BCUT2D eigenvalue weighted by atomic mass is 16.6. The molecular formula is C14H21N3O2. The van der Waals surface area contributed by atoms with Gasteiger partial charge in [-0.25, -0.2) is 0 Å². The number of nitrogens with zero attached hydrogens (tertiary/aromatic N) is 2. The molecule has 1 aliphatic carbocycles. The fraction of sp³-hybridized carbons (Fsp3) is 0.643. The van der Waals surface area contributed by atoms with Crippen molar-refractivity contribution in [2.75, 3.05) is 0 Å². The van der Waals surface area contributed by atoms with E-state index >= 15 is 0 Å². The Labute approximate surface area is 113 Å². The Bertz CT molecular complexity index is 484. The lowest BCUT2D eigenvalue weighted by Gasteiger charge is -2.14. The maximum Gasteiger partial charge on any atom is 0.278 e. The van der Waals surface area contributed by atoms with Crippen molar-refractivity contribution < 1.29 is 4.92 Å². The number of hydrogen-bond donors (Lipinski definition) is 1. The number of rotatable bonds is 6. The molecule has 1 heterocycles. The lowest BCUT2D eigenvalue weighted by molar-refractivity contribution is -0.386. The second-order valence-corrected chi connectivity index (χ2v) is 5.58. The van der Waals surface area contributed by atoms with E-state index in [0.717, 1.165) is 11.6 Å². The number of nitro groups is 1. The van der Waals surface area contributed by atoms with Crippen LogP contribution in [0.5, 0.6) is 0 Å². The molecule has 1 aliphatic rings. The molecule has 0 spiro atoms. The summed E-state index contributed by atoms with van der Waals surface area (Å²) in [6.07, 6.45) is 5.47. The van der Waals surface area contributed by atoms with Gasteiger partial charge < -0.3 is 5.32 Å². The first kappa shape index (κ1) is 13.9. The van der Waals surface area contributed by atoms with E-state index in [1.165, 1.54) is 19.3 Å². The Balaban J connectivity index is 2.03. The fourth-order valence-electron chi connectivity index (χ4n) is 2.43. The van der Waals surface area contributed by atoms with Gasteiger partial charge in [-0.15, -0.1) is 0 Å². The van der Waals surface area contributed by atoms with E-state index in [9.17, 15) is 10.1 Å². The minimum Gasteiger partial charge on any atom is -0.309 e. The fourth-order valence-corrected chi connectivity index (χ4v) is 2.43. The topological polar surface area (TPSA) is 68.1 Å². The number of hydrogen-bond acceptors (Lipinski definition) is 4. The minimum absolute atomic E-state index is 0.196. The summed E-state index contributed by atoms with van der Waals surface area (Å²) in [7, 11) is 0. The van der Waals surface area contributed by atoms with Gasteiger partial charge in [-0.3, -0.25) is 15.1 Å². The zero-order valence-corrected chi connectivity index (χ0v) is 11.8. The molecule has 1 N–H and O–H groups in total. The van der Waals surface area contributed by atoms with Crippen LogP contribution in [0.15, 0.2) is 6.20 Å². The maximum atomic E-state index is 11.0. The predicted molar refractivity (Wildman–Crippen MR) is 74.0 cm³/mol. The van der Waals surface area contributed by atoms with Crippen molar-refractivity contribution in [2.24, 2.45) is 5.92 Å². The average Bonchev–Trinajstić information content (AvgIpc) is 3.11. The highest BCUT2D eigenvalue weighted by Gasteiger charge is 2.24. The summed E-state index contributed by atoms with van der Waals surface area (Å²) in [6, 6.07) is 0.439. The van der Waals surface area contributed by atoms with Crippen LogP contribution in [0.3, 0.4) is 0 Å². The van der Waals surface area contributed by atoms with Crippen LogP contribution >= 0.6 is 0 Å². The van der Waals surface area contributed by atoms with Crippen LogP contribution in [-0.2, 0) is 6.54 Å². The lowest BCUT2D eigenvalue weighted by atomic mass is 10.1. The normalized spacial score (nSPS) is 16.4. The third kappa shape index (κ3) is 3.50. The van der Waals surface area contributed by atoms with Gasteiger partial charge in [0.2, 0.25) is 0 Å². The van der Waals surface area contributed by atoms with Crippen molar-refractivity contribution in [3.8, 4) is 0 Å². The molecule has 5 nitrogen and oxygen atoms in total. The van der Waals surface area contributed by atoms with Gasteiger partial charge in [-0.1, -0.05) is 12.8 Å². The third-order valence-corrected chi connectivity index (χ3v) is 3.76. The molecule has 0 bridgehead atoms. The highest BCUT2D eigenvalue weighted by Crippen LogP contribution is 2.33. The van der Waals surface area contributed by atoms with E-state index < -0.39 is 0 Å². The summed E-state index contributed by atoms with van der Waals surface area (Å²) >= 11 is 0. The molecule has 104 valence electrons. The van der Waals surface area contributed by atoms with Gasteiger partial charge in [0.15, 0.2) is 0 Å². The average molecular weight is 263 g/mol. The van der Waals surface area contributed by atoms with Crippen molar-refractivity contribution in [1.82, 2.24) is 10.3 Å². The molecule has 5 heteroatoms. The molecule has 1 aromatic heterocycles. The Hall–Kier alpha value is -1.49. The predicted octanol–water partition coefficient (Wildman–Crippen LogP) is 2.88. The molecule has 0 aromatic carbocycles. The van der Waals surface area contributed by atoms with Gasteiger partial charge in [-0.05, 0) is 33.1 Å². The van der Waals surface area contributed by atoms with Crippen LogP contribution in [0.25, 0.3) is 0 Å². The second kappa shape index (κ2) is 5.65. The molecule has 1 fully saturated rings. The summed E-state index contributed by atoms with van der Waals surface area (Å²) in [5.41, 5.74) is 2.27. The van der Waals surface area contributed by atoms with Crippen molar-refractivity contribution >= 4 is 5.69 Å². The maximum absolute atomic E-state index is 11.0. The van der Waals surface area contributed by atoms with Crippen LogP contribution in [0.4, 0.5) is 5.69 Å². The van der Waals surface area contributed by atoms with Gasteiger partial charge >= 0.3 is 0 Å². The molecule has 2 rings (SSSR count). The first-order chi connectivity index (χ1) is 8.99. The van der Waals surface area contributed by atoms with Crippen LogP contribution in [0.1, 0.15) is 43.0 Å². The van der Waals surface area contributed by atoms with Crippen LogP contribution < -0.4 is 5.32 Å². The molecule has 1 saturated carbocycles. The molecule has 1 atom stereocenters. The van der Waals surface area contributed by atoms with Crippen molar-refractivity contribution in [1.29, 1.82) is 0 Å². The molecule has 0 radical (unpaired) electrons. The summed E-state index contributed by atoms with van der Waals surface area (Å²) in [6.45, 7) is 6.27. The van der Waals surface area contributed by atoms with Crippen molar-refractivity contribution in [3.05, 3.63) is 33.1 Å². The van der Waals surface area contributed by atoms with E-state index in [2.05, 4.69) is 17.2 Å². The number of aromatic nitrogens is 1. The molecular weight excluding hydrogens is 242 g/mol. The number of nitrogens with one attached hydrogen (secondary N) is 1. The largest absolute Gasteiger partial charge is 0.309 e. The van der Waals surface area contributed by atoms with Gasteiger partial charge in [0.25, 0.3) is 5.69 Å². The zero-order chi connectivity index (χ0) is 14.0. The lowest BCUT2D eigenvalue weighted by Crippen LogP contribution is -2.26. The van der Waals surface area contributed by atoms with E-state index in [1.807, 2.05) is 0 Å². The zero-order valence-electron chi connectivity index (χ0n) is 11.8. The van der Waals surface area contributed by atoms with Gasteiger partial charge in [0, 0.05) is 29.9 Å². The smallest absolute Gasteiger partial charge is 0.278 e. The third-order valence-electron chi connectivity index (χ3n) is 3.76. The van der Waals surface area contributed by atoms with Crippen LogP contribution in [0, 0.1) is 29.9 Å². The summed E-state index contributed by atoms with van der Waals surface area (Å²) < 4.78 is 0. The standard InChI is InChI=1S/C14H21N3O2/c1-9-7-16-13(11(3)14(9)17(18)19)8-15-10(2)6-12-4-5-12/h7,10,12,15H,4-6,8H2,1-3H3. The van der Waals surface area contributed by atoms with Crippen molar-refractivity contribution in [2.45, 2.75) is 52.6 Å². The monoisotopic (exact) mass is 263 g/mol. The van der Waals surface area contributed by atoms with E-state index in [-0.39, 0.29) is 10.6 Å². The van der Waals surface area contributed by atoms with E-state index in [4.69, 9.17) is 0 Å². The minimum atomic E-state index is -0.316. The molecule has 1 aromatic rings. The SMILES string of the molecule is Cc1cnc(CNC(C)CC2CC2)c(C)c1[N+](=O)[O-]. The molecule has 0 saturated heterocycles. The van der Waals surface area contributed by atoms with E-state index in [1.54, 1.807) is 20.0 Å². The summed E-state index contributed by atoms with van der Waals surface area (Å²) in [5, 5.41) is 14.5. The first-order valence-corrected chi connectivity index (χ1v) is 6.82. The molecule has 0 amide bonds. The van der Waals surface area contributed by atoms with Gasteiger partial charge in [0.05, 0.1) is 10.6 Å². The molecule has 0 aliphatic heterocycles. The Kier molecular flexibility index (Phi) is 4.14. The second-order valence-electron chi connectivity index (χ2n) is 5.58. The Morgan fingerprint density at radius 2 is 2.21 bits per heavy atom. The highest BCUT2D eigenvalue weighted by molar-refractivity contribution is 5.47. The quantitative estimate of drug-likeness (QED) is 0.633. The Morgan fingerprint density at radius 1 is 1.53 bits per heavy atom. The van der Waals surface area contributed by atoms with E-state index in [0.29, 0.717) is 23.7 Å². The van der Waals surface area contributed by atoms with Gasteiger partial charge in [0.1, 0.15) is 0 Å².